The third-order valence-electron chi connectivity index (χ3n) is 7.70. The van der Waals surface area contributed by atoms with Gasteiger partial charge in [0, 0.05) is 25.0 Å². The van der Waals surface area contributed by atoms with Crippen LogP contribution in [0.25, 0.3) is 10.2 Å². The number of fused-ring (bicyclic) bond motifs is 2. The summed E-state index contributed by atoms with van der Waals surface area (Å²) in [6, 6.07) is 11.2. The minimum absolute atomic E-state index is 0.0511. The molecule has 11 heteroatoms. The lowest BCUT2D eigenvalue weighted by Crippen LogP contribution is -2.52. The van der Waals surface area contributed by atoms with Gasteiger partial charge in [-0.2, -0.15) is 0 Å². The van der Waals surface area contributed by atoms with Crippen molar-refractivity contribution < 1.29 is 33.4 Å². The SMILES string of the molecule is COc1cc2sc(CNC(=O)C3(CC(=O)[O-])Cc4ccccc4C3)nc2cc1C(=O)N1CCOC(C[N+](C)(C)C)C1. The molecule has 1 fully saturated rings. The molecule has 2 aromatic carbocycles. The predicted molar refractivity (Wildman–Crippen MR) is 152 cm³/mol. The van der Waals surface area contributed by atoms with Gasteiger partial charge in [-0.3, -0.25) is 9.59 Å². The smallest absolute Gasteiger partial charge is 0.257 e. The van der Waals surface area contributed by atoms with Gasteiger partial charge in [-0.1, -0.05) is 24.3 Å². The second kappa shape index (κ2) is 11.4. The van der Waals surface area contributed by atoms with Gasteiger partial charge in [-0.25, -0.2) is 4.98 Å². The van der Waals surface area contributed by atoms with Crippen LogP contribution >= 0.6 is 11.3 Å². The Morgan fingerprint density at radius 1 is 1.20 bits per heavy atom. The van der Waals surface area contributed by atoms with E-state index in [4.69, 9.17) is 9.47 Å². The Morgan fingerprint density at radius 2 is 1.90 bits per heavy atom. The Balaban J connectivity index is 1.32. The lowest BCUT2D eigenvalue weighted by atomic mass is 9.80. The van der Waals surface area contributed by atoms with Crippen molar-refractivity contribution in [2.45, 2.75) is 31.9 Å². The molecule has 10 nitrogen and oxygen atoms in total. The highest BCUT2D eigenvalue weighted by Crippen LogP contribution is 2.40. The van der Waals surface area contributed by atoms with Crippen LogP contribution in [0.1, 0.15) is 32.9 Å². The molecule has 1 aromatic heterocycles. The zero-order valence-corrected chi connectivity index (χ0v) is 24.7. The van der Waals surface area contributed by atoms with Crippen LogP contribution in [0.3, 0.4) is 0 Å². The Labute approximate surface area is 243 Å². The number of aromatic nitrogens is 1. The Bertz CT molecular complexity index is 1450. The van der Waals surface area contributed by atoms with Gasteiger partial charge in [-0.15, -0.1) is 11.3 Å². The van der Waals surface area contributed by atoms with E-state index >= 15 is 0 Å². The average molecular weight is 581 g/mol. The molecule has 0 spiro atoms. The average Bonchev–Trinajstić information content (AvgIpc) is 3.50. The van der Waals surface area contributed by atoms with Crippen LogP contribution in [0.5, 0.6) is 5.75 Å². The fourth-order valence-corrected chi connectivity index (χ4v) is 6.81. The highest BCUT2D eigenvalue weighted by molar-refractivity contribution is 7.18. The maximum atomic E-state index is 13.6. The molecule has 1 unspecified atom stereocenters. The molecule has 2 aliphatic rings. The van der Waals surface area contributed by atoms with E-state index in [1.807, 2.05) is 24.3 Å². The van der Waals surface area contributed by atoms with Crippen LogP contribution in [0.2, 0.25) is 0 Å². The molecular weight excluding hydrogens is 544 g/mol. The van der Waals surface area contributed by atoms with Gasteiger partial charge in [0.15, 0.2) is 0 Å². The van der Waals surface area contributed by atoms with Crippen molar-refractivity contribution in [2.24, 2.45) is 5.41 Å². The molecule has 218 valence electrons. The molecular formula is C30H36N4O6S. The lowest BCUT2D eigenvalue weighted by molar-refractivity contribution is -0.873. The van der Waals surface area contributed by atoms with Crippen LogP contribution in [-0.2, 0) is 33.7 Å². The number of likely N-dealkylation sites (N-methyl/N-ethyl adjacent to an activating group) is 1. The number of thiazole rings is 1. The number of methoxy groups -OCH3 is 1. The first-order valence-corrected chi connectivity index (χ1v) is 14.5. The number of amides is 2. The van der Waals surface area contributed by atoms with Gasteiger partial charge in [0.1, 0.15) is 23.4 Å². The van der Waals surface area contributed by atoms with Gasteiger partial charge >= 0.3 is 0 Å². The number of hydrogen-bond donors (Lipinski definition) is 1. The van der Waals surface area contributed by atoms with Crippen molar-refractivity contribution in [3.8, 4) is 5.75 Å². The monoisotopic (exact) mass is 580 g/mol. The van der Waals surface area contributed by atoms with Crippen molar-refractivity contribution in [1.29, 1.82) is 0 Å². The largest absolute Gasteiger partial charge is 0.550 e. The summed E-state index contributed by atoms with van der Waals surface area (Å²) in [7, 11) is 7.83. The molecule has 1 aliphatic heterocycles. The van der Waals surface area contributed by atoms with E-state index in [1.165, 1.54) is 18.4 Å². The zero-order valence-electron chi connectivity index (χ0n) is 23.9. The van der Waals surface area contributed by atoms with E-state index in [0.717, 1.165) is 26.9 Å². The number of carbonyl (C=O) groups excluding carboxylic acids is 3. The topological polar surface area (TPSA) is 121 Å². The summed E-state index contributed by atoms with van der Waals surface area (Å²) in [6.45, 7) is 2.41. The number of carboxylic acid groups (broad SMARTS) is 1. The Hall–Kier alpha value is -3.54. The van der Waals surface area contributed by atoms with Gasteiger partial charge in [-0.05, 0) is 30.0 Å². The highest BCUT2D eigenvalue weighted by atomic mass is 32.1. The molecule has 0 saturated carbocycles. The van der Waals surface area contributed by atoms with E-state index < -0.39 is 11.4 Å². The molecule has 0 bridgehead atoms. The summed E-state index contributed by atoms with van der Waals surface area (Å²) in [4.78, 5) is 45.0. The Kier molecular flexibility index (Phi) is 8.04. The number of rotatable bonds is 9. The van der Waals surface area contributed by atoms with E-state index in [1.54, 1.807) is 17.0 Å². The summed E-state index contributed by atoms with van der Waals surface area (Å²) in [5, 5.41) is 15.2. The summed E-state index contributed by atoms with van der Waals surface area (Å²) < 4.78 is 13.1. The molecule has 1 aliphatic carbocycles. The minimum atomic E-state index is -1.25. The summed E-state index contributed by atoms with van der Waals surface area (Å²) in [5.74, 6) is -1.25. The van der Waals surface area contributed by atoms with Crippen molar-refractivity contribution in [3.05, 3.63) is 58.1 Å². The second-order valence-electron chi connectivity index (χ2n) is 12.0. The molecule has 3 aromatic rings. The van der Waals surface area contributed by atoms with Crippen LogP contribution in [0, 0.1) is 5.41 Å². The molecule has 1 atom stereocenters. The third-order valence-corrected chi connectivity index (χ3v) is 8.72. The summed E-state index contributed by atoms with van der Waals surface area (Å²) >= 11 is 1.39. The lowest BCUT2D eigenvalue weighted by Gasteiger charge is -2.36. The first-order valence-electron chi connectivity index (χ1n) is 13.7. The molecule has 5 rings (SSSR count). The zero-order chi connectivity index (χ0) is 29.4. The number of carbonyl (C=O) groups is 3. The van der Waals surface area contributed by atoms with Crippen LogP contribution in [-0.4, -0.2) is 92.7 Å². The summed E-state index contributed by atoms with van der Waals surface area (Å²) in [6.07, 6.45) is 0.295. The van der Waals surface area contributed by atoms with E-state index in [9.17, 15) is 19.5 Å². The van der Waals surface area contributed by atoms with E-state index in [-0.39, 0.29) is 30.9 Å². The number of nitrogens with one attached hydrogen (secondary N) is 1. The molecule has 1 saturated heterocycles. The fourth-order valence-electron chi connectivity index (χ4n) is 5.89. The number of aliphatic carboxylic acids is 1. The number of nitrogens with zero attached hydrogens (tertiary/aromatic N) is 3. The maximum absolute atomic E-state index is 13.6. The van der Waals surface area contributed by atoms with Crippen molar-refractivity contribution in [3.63, 3.8) is 0 Å². The maximum Gasteiger partial charge on any atom is 0.257 e. The van der Waals surface area contributed by atoms with Crippen LogP contribution < -0.4 is 15.2 Å². The van der Waals surface area contributed by atoms with Crippen molar-refractivity contribution >= 4 is 39.3 Å². The third kappa shape index (κ3) is 6.37. The van der Waals surface area contributed by atoms with E-state index in [2.05, 4.69) is 31.4 Å². The van der Waals surface area contributed by atoms with Gasteiger partial charge in [0.25, 0.3) is 5.91 Å². The number of morpholine rings is 1. The van der Waals surface area contributed by atoms with Crippen molar-refractivity contribution in [1.82, 2.24) is 15.2 Å². The molecule has 2 amide bonds. The minimum Gasteiger partial charge on any atom is -0.550 e. The molecule has 0 radical (unpaired) electrons. The van der Waals surface area contributed by atoms with Crippen LogP contribution in [0.15, 0.2) is 36.4 Å². The number of ether oxygens (including phenoxy) is 2. The quantitative estimate of drug-likeness (QED) is 0.380. The fraction of sp³-hybridized carbons (Fsp3) is 0.467. The van der Waals surface area contributed by atoms with E-state index in [0.29, 0.717) is 54.4 Å². The number of quaternary nitrogens is 1. The van der Waals surface area contributed by atoms with Crippen LogP contribution in [0.4, 0.5) is 0 Å². The van der Waals surface area contributed by atoms with Gasteiger partial charge in [0.2, 0.25) is 5.91 Å². The Morgan fingerprint density at radius 3 is 2.54 bits per heavy atom. The number of hydrogen-bond acceptors (Lipinski definition) is 8. The number of benzene rings is 2. The van der Waals surface area contributed by atoms with Gasteiger partial charge < -0.3 is 34.1 Å². The standard InChI is InChI=1S/C30H36N4O6S/c1-34(2,3)18-21-17-33(9-10-40-21)28(37)22-11-23-25(12-24(22)39-4)41-26(32-23)16-31-29(38)30(15-27(35)36)13-19-7-5-6-8-20(19)14-30/h5-8,11-12,21H,9-10,13-18H2,1-4H3,(H-,31,35,36,38). The first kappa shape index (κ1) is 29.0. The first-order chi connectivity index (χ1) is 19.5. The molecule has 41 heavy (non-hydrogen) atoms. The van der Waals surface area contributed by atoms with Gasteiger partial charge in [0.05, 0.1) is 69.1 Å². The number of carboxylic acids is 1. The molecule has 2 heterocycles. The second-order valence-corrected chi connectivity index (χ2v) is 13.1. The highest BCUT2D eigenvalue weighted by Gasteiger charge is 2.43. The summed E-state index contributed by atoms with van der Waals surface area (Å²) in [5.41, 5.74) is 1.94. The molecule has 1 N–H and O–H groups in total. The predicted octanol–water partition coefficient (Wildman–Crippen LogP) is 1.39. The normalized spacial score (nSPS) is 18.2. The van der Waals surface area contributed by atoms with Crippen molar-refractivity contribution in [2.75, 3.05) is 54.5 Å².